The molecule has 0 aliphatic carbocycles. The number of hydrogen-bond donors (Lipinski definition) is 1. The van der Waals surface area contributed by atoms with Crippen molar-refractivity contribution in [1.29, 1.82) is 0 Å². The molecule has 29 heavy (non-hydrogen) atoms. The Bertz CT molecular complexity index is 904. The quantitative estimate of drug-likeness (QED) is 0.722. The molecule has 1 heterocycles. The molecule has 1 fully saturated rings. The zero-order valence-corrected chi connectivity index (χ0v) is 16.5. The highest BCUT2D eigenvalue weighted by Crippen LogP contribution is 2.28. The Kier molecular flexibility index (Phi) is 6.86. The fourth-order valence-electron chi connectivity index (χ4n) is 3.02. The first-order valence-electron chi connectivity index (χ1n) is 9.38. The van der Waals surface area contributed by atoms with Gasteiger partial charge < -0.3 is 19.6 Å². The molecule has 0 radical (unpaired) electrons. The van der Waals surface area contributed by atoms with Gasteiger partial charge in [0.25, 0.3) is 0 Å². The summed E-state index contributed by atoms with van der Waals surface area (Å²) in [6.07, 6.45) is 5.06. The molecule has 0 saturated carbocycles. The Labute approximate surface area is 169 Å². The largest absolute Gasteiger partial charge is 0.493 e. The molecule has 1 aliphatic rings. The number of nitrogens with zero attached hydrogens (tertiary/aromatic N) is 1. The molecule has 7 nitrogen and oxygen atoms in total. The van der Waals surface area contributed by atoms with Crippen molar-refractivity contribution in [2.24, 2.45) is 0 Å². The molecule has 152 valence electrons. The van der Waals surface area contributed by atoms with Crippen molar-refractivity contribution in [2.75, 3.05) is 32.6 Å². The van der Waals surface area contributed by atoms with Gasteiger partial charge in [0, 0.05) is 19.2 Å². The van der Waals surface area contributed by atoms with Gasteiger partial charge in [-0.05, 0) is 48.7 Å². The van der Waals surface area contributed by atoms with Crippen LogP contribution in [0.2, 0.25) is 0 Å². The van der Waals surface area contributed by atoms with Crippen LogP contribution in [-0.2, 0) is 9.63 Å². The van der Waals surface area contributed by atoms with Gasteiger partial charge in [-0.2, -0.15) is 0 Å². The first-order chi connectivity index (χ1) is 14.1. The Morgan fingerprint density at radius 1 is 1.00 bits per heavy atom. The van der Waals surface area contributed by atoms with Crippen LogP contribution in [0.15, 0.2) is 48.5 Å². The minimum absolute atomic E-state index is 0.312. The van der Waals surface area contributed by atoms with Crippen molar-refractivity contribution in [2.45, 2.75) is 12.8 Å². The minimum atomic E-state index is -0.480. The van der Waals surface area contributed by atoms with Crippen molar-refractivity contribution in [3.05, 3.63) is 59.7 Å². The van der Waals surface area contributed by atoms with Crippen LogP contribution >= 0.6 is 0 Å². The second kappa shape index (κ2) is 9.75. The second-order valence-corrected chi connectivity index (χ2v) is 6.50. The van der Waals surface area contributed by atoms with Crippen molar-refractivity contribution in [3.63, 3.8) is 0 Å². The highest BCUT2D eigenvalue weighted by molar-refractivity contribution is 6.06. The standard InChI is InChI=1S/C22H24N2O5/c1-27-19-11-9-16(15-20(19)28-2)10-12-21(25)23-18-8-4-3-7-17(18)22(26)29-24-13-5-6-14-24/h3-4,7-12,15H,5-6,13-14H2,1-2H3,(H,23,25)/b12-10+. The lowest BCUT2D eigenvalue weighted by Crippen LogP contribution is -2.25. The Balaban J connectivity index is 1.67. The third-order valence-corrected chi connectivity index (χ3v) is 4.52. The molecule has 0 atom stereocenters. The van der Waals surface area contributed by atoms with Crippen LogP contribution in [0.3, 0.4) is 0 Å². The predicted molar refractivity (Wildman–Crippen MR) is 110 cm³/mol. The number of hydrogen-bond acceptors (Lipinski definition) is 6. The van der Waals surface area contributed by atoms with E-state index in [1.807, 2.05) is 6.07 Å². The number of methoxy groups -OCH3 is 2. The molecule has 1 N–H and O–H groups in total. The molecule has 2 aromatic carbocycles. The maximum Gasteiger partial charge on any atom is 0.359 e. The monoisotopic (exact) mass is 396 g/mol. The summed E-state index contributed by atoms with van der Waals surface area (Å²) in [5.41, 5.74) is 1.49. The Morgan fingerprint density at radius 2 is 1.72 bits per heavy atom. The number of rotatable bonds is 7. The number of nitrogens with one attached hydrogen (secondary N) is 1. The smallest absolute Gasteiger partial charge is 0.359 e. The van der Waals surface area contributed by atoms with Crippen molar-refractivity contribution < 1.29 is 23.9 Å². The Morgan fingerprint density at radius 3 is 2.45 bits per heavy atom. The first kappa shape index (κ1) is 20.4. The van der Waals surface area contributed by atoms with Gasteiger partial charge in [0.05, 0.1) is 25.5 Å². The zero-order chi connectivity index (χ0) is 20.6. The third-order valence-electron chi connectivity index (χ3n) is 4.52. The molecule has 3 rings (SSSR count). The lowest BCUT2D eigenvalue weighted by atomic mass is 10.1. The van der Waals surface area contributed by atoms with Gasteiger partial charge in [-0.25, -0.2) is 4.79 Å². The van der Waals surface area contributed by atoms with Crippen molar-refractivity contribution in [3.8, 4) is 11.5 Å². The molecule has 0 spiro atoms. The van der Waals surface area contributed by atoms with E-state index in [2.05, 4.69) is 5.32 Å². The summed E-state index contributed by atoms with van der Waals surface area (Å²) in [5, 5.41) is 4.39. The summed E-state index contributed by atoms with van der Waals surface area (Å²) in [7, 11) is 3.11. The predicted octanol–water partition coefficient (Wildman–Crippen LogP) is 3.52. The molecule has 1 saturated heterocycles. The van der Waals surface area contributed by atoms with Crippen LogP contribution in [0.4, 0.5) is 5.69 Å². The molecular weight excluding hydrogens is 372 g/mol. The fourth-order valence-corrected chi connectivity index (χ4v) is 3.02. The van der Waals surface area contributed by atoms with E-state index in [1.165, 1.54) is 6.08 Å². The summed E-state index contributed by atoms with van der Waals surface area (Å²) < 4.78 is 10.5. The maximum atomic E-state index is 12.5. The average Bonchev–Trinajstić information content (AvgIpc) is 3.25. The van der Waals surface area contributed by atoms with Gasteiger partial charge in [-0.1, -0.05) is 18.2 Å². The average molecular weight is 396 g/mol. The minimum Gasteiger partial charge on any atom is -0.493 e. The van der Waals surface area contributed by atoms with E-state index in [-0.39, 0.29) is 5.91 Å². The zero-order valence-electron chi connectivity index (χ0n) is 16.5. The number of para-hydroxylation sites is 1. The number of benzene rings is 2. The van der Waals surface area contributed by atoms with Crippen molar-refractivity contribution in [1.82, 2.24) is 5.06 Å². The van der Waals surface area contributed by atoms with Gasteiger partial charge in [0.1, 0.15) is 0 Å². The number of ether oxygens (including phenoxy) is 2. The van der Waals surface area contributed by atoms with E-state index >= 15 is 0 Å². The molecule has 0 aromatic heterocycles. The number of carbonyl (C=O) groups excluding carboxylic acids is 2. The molecule has 0 unspecified atom stereocenters. The maximum absolute atomic E-state index is 12.5. The fraction of sp³-hybridized carbons (Fsp3) is 0.273. The summed E-state index contributed by atoms with van der Waals surface area (Å²) in [6.45, 7) is 1.46. The molecule has 2 aromatic rings. The molecule has 1 aliphatic heterocycles. The van der Waals surface area contributed by atoms with E-state index in [4.69, 9.17) is 14.3 Å². The van der Waals surface area contributed by atoms with Gasteiger partial charge in [-0.3, -0.25) is 4.79 Å². The first-order valence-corrected chi connectivity index (χ1v) is 9.38. The van der Waals surface area contributed by atoms with E-state index < -0.39 is 5.97 Å². The van der Waals surface area contributed by atoms with Crippen LogP contribution in [0, 0.1) is 0 Å². The normalized spacial score (nSPS) is 14.0. The topological polar surface area (TPSA) is 77.1 Å². The van der Waals surface area contributed by atoms with Crippen LogP contribution in [-0.4, -0.2) is 44.2 Å². The van der Waals surface area contributed by atoms with Gasteiger partial charge in [0.2, 0.25) is 5.91 Å². The lowest BCUT2D eigenvalue weighted by molar-refractivity contribution is -0.111. The summed E-state index contributed by atoms with van der Waals surface area (Å²) in [5.74, 6) is 0.345. The highest BCUT2D eigenvalue weighted by atomic mass is 16.7. The Hall–Kier alpha value is -3.32. The van der Waals surface area contributed by atoms with Gasteiger partial charge in [-0.15, -0.1) is 5.06 Å². The van der Waals surface area contributed by atoms with Crippen LogP contribution < -0.4 is 14.8 Å². The van der Waals surface area contributed by atoms with Gasteiger partial charge >= 0.3 is 5.97 Å². The molecular formula is C22H24N2O5. The van der Waals surface area contributed by atoms with Crippen molar-refractivity contribution >= 4 is 23.6 Å². The van der Waals surface area contributed by atoms with E-state index in [1.54, 1.807) is 61.8 Å². The number of hydroxylamine groups is 2. The number of amides is 1. The summed E-state index contributed by atoms with van der Waals surface area (Å²) >= 11 is 0. The summed E-state index contributed by atoms with van der Waals surface area (Å²) in [4.78, 5) is 30.2. The van der Waals surface area contributed by atoms with Crippen LogP contribution in [0.5, 0.6) is 11.5 Å². The van der Waals surface area contributed by atoms with Crippen LogP contribution in [0.25, 0.3) is 6.08 Å². The number of anilines is 1. The van der Waals surface area contributed by atoms with Gasteiger partial charge in [0.15, 0.2) is 11.5 Å². The highest BCUT2D eigenvalue weighted by Gasteiger charge is 2.20. The molecule has 1 amide bonds. The third kappa shape index (κ3) is 5.36. The SMILES string of the molecule is COc1ccc(/C=C/C(=O)Nc2ccccc2C(=O)ON2CCCC2)cc1OC. The summed E-state index contributed by atoms with van der Waals surface area (Å²) in [6, 6.07) is 12.1. The van der Waals surface area contributed by atoms with E-state index in [0.717, 1.165) is 31.5 Å². The second-order valence-electron chi connectivity index (χ2n) is 6.50. The van der Waals surface area contributed by atoms with E-state index in [9.17, 15) is 9.59 Å². The van der Waals surface area contributed by atoms with Crippen LogP contribution in [0.1, 0.15) is 28.8 Å². The van der Waals surface area contributed by atoms with E-state index in [0.29, 0.717) is 22.7 Å². The molecule has 0 bridgehead atoms. The lowest BCUT2D eigenvalue weighted by Gasteiger charge is -2.15. The number of carbonyl (C=O) groups is 2. The molecule has 7 heteroatoms.